The monoisotopic (exact) mass is 409 g/mol. The summed E-state index contributed by atoms with van der Waals surface area (Å²) < 4.78 is 5.43. The SMILES string of the molecule is CNC1(C(=O)Nc2c(C)cc(C)cc2C)CCN(C(=O)OCc2ccccc2)CC1. The third-order valence-electron chi connectivity index (χ3n) is 5.91. The molecule has 2 aromatic carbocycles. The van der Waals surface area contributed by atoms with E-state index in [0.717, 1.165) is 22.4 Å². The van der Waals surface area contributed by atoms with Crippen molar-refractivity contribution >= 4 is 17.7 Å². The maximum absolute atomic E-state index is 13.2. The minimum Gasteiger partial charge on any atom is -0.445 e. The molecule has 1 saturated heterocycles. The van der Waals surface area contributed by atoms with E-state index in [1.165, 1.54) is 5.56 Å². The first kappa shape index (κ1) is 21.8. The number of likely N-dealkylation sites (N-methyl/N-ethyl adjacent to an activating group) is 1. The smallest absolute Gasteiger partial charge is 0.410 e. The molecule has 3 rings (SSSR count). The molecule has 0 aliphatic carbocycles. The van der Waals surface area contributed by atoms with Crippen molar-refractivity contribution in [3.63, 3.8) is 0 Å². The van der Waals surface area contributed by atoms with Gasteiger partial charge in [0.05, 0.1) is 0 Å². The molecule has 6 heteroatoms. The highest BCUT2D eigenvalue weighted by molar-refractivity contribution is 5.99. The van der Waals surface area contributed by atoms with Crippen molar-refractivity contribution in [1.29, 1.82) is 0 Å². The Morgan fingerprint density at radius 2 is 1.63 bits per heavy atom. The number of benzene rings is 2. The number of carbonyl (C=O) groups excluding carboxylic acids is 2. The molecule has 1 heterocycles. The molecule has 0 spiro atoms. The number of anilines is 1. The second-order valence-corrected chi connectivity index (χ2v) is 8.09. The van der Waals surface area contributed by atoms with E-state index in [4.69, 9.17) is 4.74 Å². The van der Waals surface area contributed by atoms with Crippen molar-refractivity contribution in [3.8, 4) is 0 Å². The summed E-state index contributed by atoms with van der Waals surface area (Å²) in [5.41, 5.74) is 4.39. The first-order chi connectivity index (χ1) is 14.3. The van der Waals surface area contributed by atoms with Crippen LogP contribution in [0.15, 0.2) is 42.5 Å². The number of carbonyl (C=O) groups is 2. The third kappa shape index (κ3) is 4.82. The van der Waals surface area contributed by atoms with Crippen LogP contribution in [-0.2, 0) is 16.1 Å². The Hall–Kier alpha value is -2.86. The first-order valence-electron chi connectivity index (χ1n) is 10.4. The minimum atomic E-state index is -0.708. The second kappa shape index (κ2) is 9.30. The van der Waals surface area contributed by atoms with Crippen LogP contribution in [-0.4, -0.2) is 42.6 Å². The van der Waals surface area contributed by atoms with Crippen molar-refractivity contribution < 1.29 is 14.3 Å². The average molecular weight is 410 g/mol. The van der Waals surface area contributed by atoms with Crippen LogP contribution < -0.4 is 10.6 Å². The Kier molecular flexibility index (Phi) is 6.77. The second-order valence-electron chi connectivity index (χ2n) is 8.09. The van der Waals surface area contributed by atoms with Crippen LogP contribution in [0.2, 0.25) is 0 Å². The average Bonchev–Trinajstić information content (AvgIpc) is 2.75. The summed E-state index contributed by atoms with van der Waals surface area (Å²) in [7, 11) is 1.80. The summed E-state index contributed by atoms with van der Waals surface area (Å²) in [4.78, 5) is 27.3. The number of piperidine rings is 1. The van der Waals surface area contributed by atoms with Gasteiger partial charge in [-0.3, -0.25) is 4.79 Å². The summed E-state index contributed by atoms with van der Waals surface area (Å²) in [5, 5.41) is 6.34. The number of hydrogen-bond acceptors (Lipinski definition) is 4. The number of rotatable bonds is 5. The molecule has 2 amide bonds. The Labute approximate surface area is 178 Å². The predicted octanol–water partition coefficient (Wildman–Crippen LogP) is 3.94. The van der Waals surface area contributed by atoms with Gasteiger partial charge in [0.2, 0.25) is 5.91 Å². The zero-order valence-electron chi connectivity index (χ0n) is 18.2. The Morgan fingerprint density at radius 1 is 1.03 bits per heavy atom. The lowest BCUT2D eigenvalue weighted by Crippen LogP contribution is -2.59. The van der Waals surface area contributed by atoms with Crippen LogP contribution in [0.1, 0.15) is 35.1 Å². The number of nitrogens with one attached hydrogen (secondary N) is 2. The van der Waals surface area contributed by atoms with Crippen LogP contribution in [0.3, 0.4) is 0 Å². The summed E-state index contributed by atoms with van der Waals surface area (Å²) in [5.74, 6) is -0.0580. The molecule has 160 valence electrons. The summed E-state index contributed by atoms with van der Waals surface area (Å²) in [6, 6.07) is 13.8. The fraction of sp³-hybridized carbons (Fsp3) is 0.417. The van der Waals surface area contributed by atoms with Gasteiger partial charge in [-0.2, -0.15) is 0 Å². The van der Waals surface area contributed by atoms with Gasteiger partial charge in [-0.1, -0.05) is 48.0 Å². The van der Waals surface area contributed by atoms with Gasteiger partial charge in [0.25, 0.3) is 0 Å². The van der Waals surface area contributed by atoms with E-state index >= 15 is 0 Å². The van der Waals surface area contributed by atoms with Gasteiger partial charge in [0.1, 0.15) is 12.1 Å². The number of ether oxygens (including phenoxy) is 1. The Bertz CT molecular complexity index is 880. The Balaban J connectivity index is 1.60. The first-order valence-corrected chi connectivity index (χ1v) is 10.4. The maximum atomic E-state index is 13.2. The quantitative estimate of drug-likeness (QED) is 0.785. The zero-order valence-corrected chi connectivity index (χ0v) is 18.2. The number of nitrogens with zero attached hydrogens (tertiary/aromatic N) is 1. The molecule has 0 radical (unpaired) electrons. The molecule has 0 saturated carbocycles. The fourth-order valence-corrected chi connectivity index (χ4v) is 4.08. The van der Waals surface area contributed by atoms with Crippen molar-refractivity contribution in [2.24, 2.45) is 0 Å². The molecule has 2 N–H and O–H groups in total. The van der Waals surface area contributed by atoms with Gasteiger partial charge >= 0.3 is 6.09 Å². The lowest BCUT2D eigenvalue weighted by atomic mass is 9.86. The van der Waals surface area contributed by atoms with Gasteiger partial charge in [-0.05, 0) is 57.4 Å². The number of likely N-dealkylation sites (tertiary alicyclic amines) is 1. The highest BCUT2D eigenvalue weighted by Crippen LogP contribution is 2.27. The number of aryl methyl sites for hydroxylation is 3. The van der Waals surface area contributed by atoms with Crippen molar-refractivity contribution in [2.45, 2.75) is 45.8 Å². The van der Waals surface area contributed by atoms with Crippen molar-refractivity contribution in [1.82, 2.24) is 10.2 Å². The van der Waals surface area contributed by atoms with E-state index in [0.29, 0.717) is 25.9 Å². The van der Waals surface area contributed by atoms with Crippen molar-refractivity contribution in [3.05, 3.63) is 64.7 Å². The van der Waals surface area contributed by atoms with E-state index in [2.05, 4.69) is 22.8 Å². The van der Waals surface area contributed by atoms with E-state index in [1.54, 1.807) is 11.9 Å². The molecule has 6 nitrogen and oxygen atoms in total. The molecule has 0 unspecified atom stereocenters. The molecule has 1 fully saturated rings. The third-order valence-corrected chi connectivity index (χ3v) is 5.91. The van der Waals surface area contributed by atoms with Gasteiger partial charge in [-0.15, -0.1) is 0 Å². The number of amides is 2. The van der Waals surface area contributed by atoms with Crippen LogP contribution >= 0.6 is 0 Å². The summed E-state index contributed by atoms with van der Waals surface area (Å²) >= 11 is 0. The topological polar surface area (TPSA) is 70.7 Å². The molecule has 0 bridgehead atoms. The zero-order chi connectivity index (χ0) is 21.7. The molecule has 2 aromatic rings. The predicted molar refractivity (Wildman–Crippen MR) is 119 cm³/mol. The molecule has 0 atom stereocenters. The van der Waals surface area contributed by atoms with Crippen LogP contribution in [0.4, 0.5) is 10.5 Å². The standard InChI is InChI=1S/C24H31N3O3/c1-17-14-18(2)21(19(3)15-17)26-22(28)24(25-4)10-12-27(13-11-24)23(29)30-16-20-8-6-5-7-9-20/h5-9,14-15,25H,10-13,16H2,1-4H3,(H,26,28). The van der Waals surface area contributed by atoms with E-state index in [-0.39, 0.29) is 18.6 Å². The normalized spacial score (nSPS) is 15.5. The highest BCUT2D eigenvalue weighted by atomic mass is 16.6. The van der Waals surface area contributed by atoms with E-state index in [9.17, 15) is 9.59 Å². The largest absolute Gasteiger partial charge is 0.445 e. The van der Waals surface area contributed by atoms with E-state index in [1.807, 2.05) is 51.1 Å². The minimum absolute atomic E-state index is 0.0580. The molecule has 30 heavy (non-hydrogen) atoms. The van der Waals surface area contributed by atoms with Gasteiger partial charge in [0.15, 0.2) is 0 Å². The van der Waals surface area contributed by atoms with Gasteiger partial charge < -0.3 is 20.3 Å². The summed E-state index contributed by atoms with van der Waals surface area (Å²) in [6.07, 6.45) is 0.716. The fourth-order valence-electron chi connectivity index (χ4n) is 4.08. The molecular weight excluding hydrogens is 378 g/mol. The van der Waals surface area contributed by atoms with Crippen LogP contribution in [0.25, 0.3) is 0 Å². The van der Waals surface area contributed by atoms with Crippen LogP contribution in [0.5, 0.6) is 0 Å². The van der Waals surface area contributed by atoms with Crippen LogP contribution in [0, 0.1) is 20.8 Å². The molecule has 1 aliphatic rings. The highest BCUT2D eigenvalue weighted by Gasteiger charge is 2.41. The van der Waals surface area contributed by atoms with Gasteiger partial charge in [-0.25, -0.2) is 4.79 Å². The van der Waals surface area contributed by atoms with Crippen molar-refractivity contribution in [2.75, 3.05) is 25.5 Å². The summed E-state index contributed by atoms with van der Waals surface area (Å²) in [6.45, 7) is 7.24. The lowest BCUT2D eigenvalue weighted by molar-refractivity contribution is -0.124. The maximum Gasteiger partial charge on any atom is 0.410 e. The molecule has 1 aliphatic heterocycles. The number of hydrogen-bond donors (Lipinski definition) is 2. The van der Waals surface area contributed by atoms with E-state index < -0.39 is 5.54 Å². The Morgan fingerprint density at radius 3 is 2.20 bits per heavy atom. The molecule has 0 aromatic heterocycles. The lowest BCUT2D eigenvalue weighted by Gasteiger charge is -2.40. The van der Waals surface area contributed by atoms with Gasteiger partial charge in [0, 0.05) is 18.8 Å². The molecular formula is C24H31N3O3.